The number of esters is 3. The summed E-state index contributed by atoms with van der Waals surface area (Å²) in [6.07, 6.45) is 69.6. The van der Waals surface area contributed by atoms with Crippen molar-refractivity contribution in [1.82, 2.24) is 0 Å². The monoisotopic (exact) mass is 903 g/mol. The fraction of sp³-hybridized carbons (Fsp3) is 0.678. The van der Waals surface area contributed by atoms with Crippen molar-refractivity contribution in [2.75, 3.05) is 13.2 Å². The molecule has 0 saturated carbocycles. The molecule has 1 atom stereocenters. The van der Waals surface area contributed by atoms with E-state index >= 15 is 0 Å². The van der Waals surface area contributed by atoms with E-state index in [1.54, 1.807) is 0 Å². The lowest BCUT2D eigenvalue weighted by Gasteiger charge is -2.18. The summed E-state index contributed by atoms with van der Waals surface area (Å²) >= 11 is 0. The van der Waals surface area contributed by atoms with Crippen LogP contribution in [0.2, 0.25) is 0 Å². The zero-order valence-corrected chi connectivity index (χ0v) is 42.2. The first-order chi connectivity index (χ1) is 32.0. The average Bonchev–Trinajstić information content (AvgIpc) is 3.30. The van der Waals surface area contributed by atoms with Crippen molar-refractivity contribution in [3.63, 3.8) is 0 Å². The number of ether oxygens (including phenoxy) is 3. The lowest BCUT2D eigenvalue weighted by atomic mass is 10.1. The third-order valence-corrected chi connectivity index (χ3v) is 11.1. The molecular weight excluding hydrogens is 805 g/mol. The zero-order valence-electron chi connectivity index (χ0n) is 42.2. The molecule has 65 heavy (non-hydrogen) atoms. The maximum atomic E-state index is 12.8. The van der Waals surface area contributed by atoms with Crippen LogP contribution in [-0.4, -0.2) is 37.2 Å². The number of carbonyl (C=O) groups is 3. The molecule has 6 heteroatoms. The molecule has 0 N–H and O–H groups in total. The van der Waals surface area contributed by atoms with Crippen molar-refractivity contribution in [3.8, 4) is 0 Å². The Hall–Kier alpha value is -3.67. The van der Waals surface area contributed by atoms with E-state index in [1.165, 1.54) is 77.0 Å². The smallest absolute Gasteiger partial charge is 0.306 e. The topological polar surface area (TPSA) is 78.9 Å². The van der Waals surface area contributed by atoms with E-state index in [4.69, 9.17) is 14.2 Å². The summed E-state index contributed by atoms with van der Waals surface area (Å²) in [6.45, 7) is 6.35. The van der Waals surface area contributed by atoms with Crippen LogP contribution in [0.25, 0.3) is 0 Å². The third-order valence-electron chi connectivity index (χ3n) is 11.1. The van der Waals surface area contributed by atoms with Crippen LogP contribution >= 0.6 is 0 Å². The van der Waals surface area contributed by atoms with Gasteiger partial charge in [0.1, 0.15) is 13.2 Å². The summed E-state index contributed by atoms with van der Waals surface area (Å²) in [6, 6.07) is 0. The highest BCUT2D eigenvalue weighted by atomic mass is 16.6. The number of carbonyl (C=O) groups excluding carboxylic acids is 3. The Morgan fingerprint density at radius 3 is 0.969 bits per heavy atom. The summed E-state index contributed by atoms with van der Waals surface area (Å²) < 4.78 is 16.8. The van der Waals surface area contributed by atoms with Crippen LogP contribution < -0.4 is 0 Å². The molecule has 0 aromatic carbocycles. The Labute approximate surface area is 400 Å². The van der Waals surface area contributed by atoms with Crippen molar-refractivity contribution < 1.29 is 28.6 Å². The molecule has 1 unspecified atom stereocenters. The molecule has 0 radical (unpaired) electrons. The van der Waals surface area contributed by atoms with Gasteiger partial charge in [0.2, 0.25) is 0 Å². The second kappa shape index (κ2) is 52.9. The Kier molecular flexibility index (Phi) is 50.0. The van der Waals surface area contributed by atoms with Crippen LogP contribution in [0.5, 0.6) is 0 Å². The Morgan fingerprint density at radius 2 is 0.600 bits per heavy atom. The Bertz CT molecular complexity index is 1310. The van der Waals surface area contributed by atoms with Gasteiger partial charge in [-0.25, -0.2) is 0 Å². The lowest BCUT2D eigenvalue weighted by molar-refractivity contribution is -0.167. The van der Waals surface area contributed by atoms with Gasteiger partial charge in [0.15, 0.2) is 6.10 Å². The molecule has 0 amide bonds. The standard InChI is InChI=1S/C59H98O6/c1-4-7-10-13-16-19-22-25-26-27-28-29-30-31-32-35-37-40-43-46-49-52-58(61)64-55-56(65-59(62)53-50-47-44-41-38-34-24-21-18-15-12-9-6-3)54-63-57(60)51-48-45-42-39-36-33-23-20-17-14-11-8-5-2/h7,9-10,12,16,18-21,23,25-26,28-29,34,38,56H,4-6,8,11,13-15,17,22,24,27,30-33,35-37,39-55H2,1-3H3/b10-7-,12-9-,19-16-,21-18-,23-20-,26-25-,29-28-,38-34-. The van der Waals surface area contributed by atoms with Gasteiger partial charge in [-0.15, -0.1) is 0 Å². The second-order valence-electron chi connectivity index (χ2n) is 17.4. The minimum absolute atomic E-state index is 0.0970. The van der Waals surface area contributed by atoms with Gasteiger partial charge in [0, 0.05) is 19.3 Å². The second-order valence-corrected chi connectivity index (χ2v) is 17.4. The summed E-state index contributed by atoms with van der Waals surface area (Å²) in [5.74, 6) is -0.945. The maximum absolute atomic E-state index is 12.8. The normalized spacial score (nSPS) is 12.8. The number of hydrogen-bond donors (Lipinski definition) is 0. The van der Waals surface area contributed by atoms with E-state index in [1.807, 2.05) is 0 Å². The highest BCUT2D eigenvalue weighted by Gasteiger charge is 2.19. The van der Waals surface area contributed by atoms with Gasteiger partial charge in [-0.1, -0.05) is 201 Å². The Morgan fingerprint density at radius 1 is 0.323 bits per heavy atom. The highest BCUT2D eigenvalue weighted by Crippen LogP contribution is 2.14. The van der Waals surface area contributed by atoms with Gasteiger partial charge in [0.05, 0.1) is 0 Å². The van der Waals surface area contributed by atoms with E-state index in [2.05, 4.69) is 118 Å². The molecule has 0 aliphatic rings. The first-order valence-corrected chi connectivity index (χ1v) is 26.7. The molecule has 0 saturated heterocycles. The van der Waals surface area contributed by atoms with E-state index in [-0.39, 0.29) is 37.5 Å². The number of hydrogen-bond acceptors (Lipinski definition) is 6. The first-order valence-electron chi connectivity index (χ1n) is 26.7. The van der Waals surface area contributed by atoms with Crippen molar-refractivity contribution in [1.29, 1.82) is 0 Å². The molecule has 0 aliphatic heterocycles. The van der Waals surface area contributed by atoms with Crippen LogP contribution in [-0.2, 0) is 28.6 Å². The van der Waals surface area contributed by atoms with E-state index in [0.29, 0.717) is 12.8 Å². The lowest BCUT2D eigenvalue weighted by Crippen LogP contribution is -2.30. The van der Waals surface area contributed by atoms with E-state index in [9.17, 15) is 14.4 Å². The van der Waals surface area contributed by atoms with Crippen molar-refractivity contribution in [3.05, 3.63) is 97.2 Å². The minimum Gasteiger partial charge on any atom is -0.462 e. The summed E-state index contributed by atoms with van der Waals surface area (Å²) in [5.41, 5.74) is 0. The van der Waals surface area contributed by atoms with Crippen LogP contribution in [0, 0.1) is 0 Å². The highest BCUT2D eigenvalue weighted by molar-refractivity contribution is 5.71. The number of unbranched alkanes of at least 4 members (excludes halogenated alkanes) is 20. The van der Waals surface area contributed by atoms with Gasteiger partial charge in [-0.05, 0) is 116 Å². The summed E-state index contributed by atoms with van der Waals surface area (Å²) in [7, 11) is 0. The predicted octanol–water partition coefficient (Wildman–Crippen LogP) is 17.8. The first kappa shape index (κ1) is 61.3. The molecule has 0 fully saturated rings. The van der Waals surface area contributed by atoms with Crippen LogP contribution in [0.15, 0.2) is 97.2 Å². The van der Waals surface area contributed by atoms with Crippen LogP contribution in [0.4, 0.5) is 0 Å². The minimum atomic E-state index is -0.800. The maximum Gasteiger partial charge on any atom is 0.306 e. The van der Waals surface area contributed by atoms with Gasteiger partial charge < -0.3 is 14.2 Å². The van der Waals surface area contributed by atoms with Gasteiger partial charge in [-0.3, -0.25) is 14.4 Å². The van der Waals surface area contributed by atoms with Gasteiger partial charge >= 0.3 is 17.9 Å². The van der Waals surface area contributed by atoms with Crippen molar-refractivity contribution in [2.24, 2.45) is 0 Å². The molecule has 6 nitrogen and oxygen atoms in total. The van der Waals surface area contributed by atoms with Crippen LogP contribution in [0.1, 0.15) is 239 Å². The van der Waals surface area contributed by atoms with E-state index in [0.717, 1.165) is 122 Å². The molecule has 0 spiro atoms. The fourth-order valence-electron chi connectivity index (χ4n) is 7.09. The Balaban J connectivity index is 4.40. The molecule has 370 valence electrons. The SMILES string of the molecule is CC/C=C\C/C=C\C/C=C\C/C=C\CCCCCCCCCCC(=O)OCC(COC(=O)CCCCCCC/C=C\CCCCCC)OC(=O)CCCCC/C=C\C/C=C\C/C=C\CC. The third kappa shape index (κ3) is 51.2. The largest absolute Gasteiger partial charge is 0.462 e. The molecule has 0 bridgehead atoms. The summed E-state index contributed by atoms with van der Waals surface area (Å²) in [5, 5.41) is 0. The van der Waals surface area contributed by atoms with Gasteiger partial charge in [-0.2, -0.15) is 0 Å². The molecule has 0 aromatic heterocycles. The van der Waals surface area contributed by atoms with Crippen molar-refractivity contribution >= 4 is 17.9 Å². The predicted molar refractivity (Wildman–Crippen MR) is 279 cm³/mol. The zero-order chi connectivity index (χ0) is 47.2. The fourth-order valence-corrected chi connectivity index (χ4v) is 7.09. The van der Waals surface area contributed by atoms with Gasteiger partial charge in [0.25, 0.3) is 0 Å². The average molecular weight is 903 g/mol. The molecule has 0 heterocycles. The molecular formula is C59H98O6. The van der Waals surface area contributed by atoms with E-state index < -0.39 is 6.10 Å². The quantitative estimate of drug-likeness (QED) is 0.0262. The number of allylic oxidation sites excluding steroid dienone is 16. The molecule has 0 aromatic rings. The molecule has 0 aliphatic carbocycles. The molecule has 0 rings (SSSR count). The van der Waals surface area contributed by atoms with Crippen molar-refractivity contribution in [2.45, 2.75) is 245 Å². The summed E-state index contributed by atoms with van der Waals surface area (Å²) in [4.78, 5) is 38.0. The van der Waals surface area contributed by atoms with Crippen LogP contribution in [0.3, 0.4) is 0 Å². The number of rotatable bonds is 47.